The van der Waals surface area contributed by atoms with Gasteiger partial charge in [0.25, 0.3) is 5.95 Å². The summed E-state index contributed by atoms with van der Waals surface area (Å²) in [6.45, 7) is 1.44. The van der Waals surface area contributed by atoms with Gasteiger partial charge in [0.2, 0.25) is 11.8 Å². The number of carbonyl (C=O) groups is 1. The van der Waals surface area contributed by atoms with Gasteiger partial charge in [0.1, 0.15) is 5.75 Å². The first kappa shape index (κ1) is 17.3. The van der Waals surface area contributed by atoms with Crippen LogP contribution in [0, 0.1) is 0 Å². The molecule has 1 fully saturated rings. The van der Waals surface area contributed by atoms with Crippen molar-refractivity contribution in [1.29, 1.82) is 0 Å². The molecule has 1 aromatic carbocycles. The Hall–Kier alpha value is -2.57. The molecule has 134 valence electrons. The summed E-state index contributed by atoms with van der Waals surface area (Å²) >= 11 is 0. The summed E-state index contributed by atoms with van der Waals surface area (Å²) in [6.07, 6.45) is 2.12. The number of carbonyl (C=O) groups excluding carboxylic acids is 1. The van der Waals surface area contributed by atoms with Crippen LogP contribution in [0.15, 0.2) is 28.8 Å². The molecule has 0 N–H and O–H groups in total. The molecule has 3 rings (SSSR count). The summed E-state index contributed by atoms with van der Waals surface area (Å²) < 4.78 is 10.5. The number of hydrogen-bond acceptors (Lipinski definition) is 6. The lowest BCUT2D eigenvalue weighted by Crippen LogP contribution is -2.38. The predicted molar refractivity (Wildman–Crippen MR) is 93.9 cm³/mol. The van der Waals surface area contributed by atoms with E-state index in [0.29, 0.717) is 18.3 Å². The molecule has 7 heteroatoms. The van der Waals surface area contributed by atoms with Crippen molar-refractivity contribution in [3.63, 3.8) is 0 Å². The summed E-state index contributed by atoms with van der Waals surface area (Å²) in [5.41, 5.74) is 1.00. The lowest BCUT2D eigenvalue weighted by molar-refractivity contribution is -0.131. The highest BCUT2D eigenvalue weighted by atomic mass is 16.5. The third-order valence-corrected chi connectivity index (χ3v) is 4.54. The lowest BCUT2D eigenvalue weighted by atomic mass is 9.96. The molecule has 1 aromatic heterocycles. The van der Waals surface area contributed by atoms with E-state index in [2.05, 4.69) is 10.1 Å². The highest BCUT2D eigenvalue weighted by Crippen LogP contribution is 2.28. The zero-order chi connectivity index (χ0) is 17.8. The van der Waals surface area contributed by atoms with Gasteiger partial charge >= 0.3 is 0 Å². The molecule has 0 atom stereocenters. The predicted octanol–water partition coefficient (Wildman–Crippen LogP) is 2.09. The SMILES string of the molecule is COc1ccc(CC(=O)N2CCC(c3nc(N(C)C)no3)CC2)cc1. The summed E-state index contributed by atoms with van der Waals surface area (Å²) in [4.78, 5) is 20.7. The van der Waals surface area contributed by atoms with Crippen LogP contribution in [-0.2, 0) is 11.2 Å². The molecule has 0 unspecified atom stereocenters. The topological polar surface area (TPSA) is 71.7 Å². The van der Waals surface area contributed by atoms with Crippen LogP contribution < -0.4 is 9.64 Å². The van der Waals surface area contributed by atoms with E-state index >= 15 is 0 Å². The molecule has 0 radical (unpaired) electrons. The number of ether oxygens (including phenoxy) is 1. The van der Waals surface area contributed by atoms with Gasteiger partial charge in [0.05, 0.1) is 13.5 Å². The van der Waals surface area contributed by atoms with Crippen LogP contribution in [0.5, 0.6) is 5.75 Å². The minimum Gasteiger partial charge on any atom is -0.497 e. The number of rotatable bonds is 5. The second-order valence-electron chi connectivity index (χ2n) is 6.51. The van der Waals surface area contributed by atoms with Crippen LogP contribution >= 0.6 is 0 Å². The van der Waals surface area contributed by atoms with Gasteiger partial charge in [-0.05, 0) is 35.7 Å². The van der Waals surface area contributed by atoms with Gasteiger partial charge < -0.3 is 19.1 Å². The van der Waals surface area contributed by atoms with Crippen molar-refractivity contribution in [1.82, 2.24) is 15.0 Å². The molecule has 0 spiro atoms. The minimum atomic E-state index is 0.156. The first-order valence-corrected chi connectivity index (χ1v) is 8.48. The van der Waals surface area contributed by atoms with Crippen molar-refractivity contribution in [2.75, 3.05) is 39.2 Å². The third-order valence-electron chi connectivity index (χ3n) is 4.54. The molecule has 25 heavy (non-hydrogen) atoms. The number of hydrogen-bond donors (Lipinski definition) is 0. The molecule has 1 saturated heterocycles. The van der Waals surface area contributed by atoms with Gasteiger partial charge in [0, 0.05) is 33.1 Å². The van der Waals surface area contributed by atoms with E-state index in [1.54, 1.807) is 7.11 Å². The van der Waals surface area contributed by atoms with Crippen molar-refractivity contribution in [2.45, 2.75) is 25.2 Å². The quantitative estimate of drug-likeness (QED) is 0.827. The summed E-state index contributed by atoms with van der Waals surface area (Å²) in [5, 5.41) is 3.96. The second-order valence-corrected chi connectivity index (χ2v) is 6.51. The van der Waals surface area contributed by atoms with Crippen LogP contribution in [-0.4, -0.2) is 55.2 Å². The Labute approximate surface area is 147 Å². The zero-order valence-corrected chi connectivity index (χ0v) is 14.9. The molecule has 0 bridgehead atoms. The van der Waals surface area contributed by atoms with E-state index in [-0.39, 0.29) is 11.8 Å². The molecule has 0 aliphatic carbocycles. The fourth-order valence-corrected chi connectivity index (χ4v) is 2.98. The maximum atomic E-state index is 12.5. The Morgan fingerprint density at radius 1 is 1.28 bits per heavy atom. The molecule has 2 aromatic rings. The van der Waals surface area contributed by atoms with E-state index in [1.807, 2.05) is 48.2 Å². The van der Waals surface area contributed by atoms with Crippen molar-refractivity contribution < 1.29 is 14.1 Å². The van der Waals surface area contributed by atoms with Crippen molar-refractivity contribution in [2.24, 2.45) is 0 Å². The molecule has 2 heterocycles. The number of likely N-dealkylation sites (tertiary alicyclic amines) is 1. The van der Waals surface area contributed by atoms with Crippen molar-refractivity contribution >= 4 is 11.9 Å². The van der Waals surface area contributed by atoms with E-state index in [4.69, 9.17) is 9.26 Å². The van der Waals surface area contributed by atoms with Crippen molar-refractivity contribution in [3.05, 3.63) is 35.7 Å². The molecule has 7 nitrogen and oxygen atoms in total. The minimum absolute atomic E-state index is 0.156. The summed E-state index contributed by atoms with van der Waals surface area (Å²) in [6, 6.07) is 7.63. The van der Waals surface area contributed by atoms with Crippen LogP contribution in [0.3, 0.4) is 0 Å². The Bertz CT molecular complexity index is 703. The maximum Gasteiger partial charge on any atom is 0.265 e. The van der Waals surface area contributed by atoms with Gasteiger partial charge in [-0.3, -0.25) is 4.79 Å². The van der Waals surface area contributed by atoms with E-state index in [0.717, 1.165) is 37.2 Å². The van der Waals surface area contributed by atoms with Gasteiger partial charge in [-0.15, -0.1) is 0 Å². The number of piperidine rings is 1. The number of benzene rings is 1. The molecule has 1 aliphatic rings. The molecule has 0 saturated carbocycles. The highest BCUT2D eigenvalue weighted by Gasteiger charge is 2.27. The Morgan fingerprint density at radius 2 is 1.96 bits per heavy atom. The zero-order valence-electron chi connectivity index (χ0n) is 14.9. The van der Waals surface area contributed by atoms with Gasteiger partial charge in [0.15, 0.2) is 0 Å². The van der Waals surface area contributed by atoms with Crippen LogP contribution in [0.2, 0.25) is 0 Å². The van der Waals surface area contributed by atoms with E-state index in [9.17, 15) is 4.79 Å². The molecule has 1 aliphatic heterocycles. The van der Waals surface area contributed by atoms with Crippen LogP contribution in [0.25, 0.3) is 0 Å². The maximum absolute atomic E-state index is 12.5. The Balaban J connectivity index is 1.53. The van der Waals surface area contributed by atoms with Crippen LogP contribution in [0.4, 0.5) is 5.95 Å². The lowest BCUT2D eigenvalue weighted by Gasteiger charge is -2.30. The number of methoxy groups -OCH3 is 1. The molecular formula is C18H24N4O3. The summed E-state index contributed by atoms with van der Waals surface area (Å²) in [7, 11) is 5.40. The number of amides is 1. The first-order chi connectivity index (χ1) is 12.1. The van der Waals surface area contributed by atoms with E-state index < -0.39 is 0 Å². The average Bonchev–Trinajstić information content (AvgIpc) is 3.13. The van der Waals surface area contributed by atoms with Gasteiger partial charge in [-0.1, -0.05) is 12.1 Å². The largest absolute Gasteiger partial charge is 0.497 e. The number of nitrogens with zero attached hydrogens (tertiary/aromatic N) is 4. The molecule has 1 amide bonds. The first-order valence-electron chi connectivity index (χ1n) is 8.48. The second kappa shape index (κ2) is 7.55. The number of aromatic nitrogens is 2. The normalized spacial score (nSPS) is 15.2. The Kier molecular flexibility index (Phi) is 5.21. The monoisotopic (exact) mass is 344 g/mol. The molecular weight excluding hydrogens is 320 g/mol. The van der Waals surface area contributed by atoms with E-state index in [1.165, 1.54) is 0 Å². The van der Waals surface area contributed by atoms with Gasteiger partial charge in [-0.25, -0.2) is 0 Å². The van der Waals surface area contributed by atoms with Gasteiger partial charge in [-0.2, -0.15) is 4.98 Å². The number of anilines is 1. The highest BCUT2D eigenvalue weighted by molar-refractivity contribution is 5.78. The van der Waals surface area contributed by atoms with Crippen molar-refractivity contribution in [3.8, 4) is 5.75 Å². The summed E-state index contributed by atoms with van der Waals surface area (Å²) in [5.74, 6) is 2.45. The fourth-order valence-electron chi connectivity index (χ4n) is 2.98. The van der Waals surface area contributed by atoms with Crippen LogP contribution in [0.1, 0.15) is 30.2 Å². The standard InChI is InChI=1S/C18H24N4O3/c1-21(2)18-19-17(25-20-18)14-8-10-22(11-9-14)16(23)12-13-4-6-15(24-3)7-5-13/h4-7,14H,8-12H2,1-3H3. The third kappa shape index (κ3) is 4.10. The Morgan fingerprint density at radius 3 is 2.52 bits per heavy atom. The average molecular weight is 344 g/mol. The smallest absolute Gasteiger partial charge is 0.265 e. The fraction of sp³-hybridized carbons (Fsp3) is 0.500.